The highest BCUT2D eigenvalue weighted by atomic mass is 19.4. The average molecular weight is 433 g/mol. The summed E-state index contributed by atoms with van der Waals surface area (Å²) in [5, 5.41) is 2.49. The molecule has 1 aromatic heterocycles. The van der Waals surface area contributed by atoms with Crippen molar-refractivity contribution < 1.29 is 31.9 Å². The Kier molecular flexibility index (Phi) is 6.19. The number of carbonyl (C=O) groups is 2. The van der Waals surface area contributed by atoms with Gasteiger partial charge < -0.3 is 15.8 Å². The van der Waals surface area contributed by atoms with Crippen LogP contribution in [0.1, 0.15) is 31.8 Å². The van der Waals surface area contributed by atoms with Crippen LogP contribution < -0.4 is 15.8 Å². The van der Waals surface area contributed by atoms with Crippen LogP contribution in [0.2, 0.25) is 0 Å². The number of ether oxygens (including phenoxy) is 1. The summed E-state index contributed by atoms with van der Waals surface area (Å²) in [6.45, 7) is 0.0719. The summed E-state index contributed by atoms with van der Waals surface area (Å²) < 4.78 is 57.2. The molecule has 10 heteroatoms. The van der Waals surface area contributed by atoms with Crippen LogP contribution in [-0.2, 0) is 12.8 Å². The largest absolute Gasteiger partial charge is 0.487 e. The molecule has 0 saturated heterocycles. The molecule has 3 rings (SSSR count). The molecule has 0 aliphatic rings. The number of alkyl halides is 3. The lowest BCUT2D eigenvalue weighted by atomic mass is 10.1. The molecule has 2 aromatic carbocycles. The third-order valence-electron chi connectivity index (χ3n) is 4.12. The summed E-state index contributed by atoms with van der Waals surface area (Å²) in [7, 11) is 0. The standard InChI is InChI=1S/C21H15F4N3O3/c22-18-8-13(4-5-17(18)21(23,24)25)20(30)28-15-3-1-2-12(6-15)11-31-16-7-14(19(26)29)9-27-10-16/h1-10H,11H2,(H2,26,29)(H,28,30). The predicted molar refractivity (Wildman–Crippen MR) is 103 cm³/mol. The molecular weight excluding hydrogens is 418 g/mol. The van der Waals surface area contributed by atoms with Gasteiger partial charge in [-0.15, -0.1) is 0 Å². The van der Waals surface area contributed by atoms with Crippen LogP contribution in [0.25, 0.3) is 0 Å². The molecule has 0 fully saturated rings. The molecule has 3 aromatic rings. The highest BCUT2D eigenvalue weighted by Crippen LogP contribution is 2.31. The van der Waals surface area contributed by atoms with Gasteiger partial charge in [0.25, 0.3) is 5.91 Å². The lowest BCUT2D eigenvalue weighted by molar-refractivity contribution is -0.140. The first-order valence-corrected chi connectivity index (χ1v) is 8.78. The summed E-state index contributed by atoms with van der Waals surface area (Å²) in [5.41, 5.74) is 4.63. The first kappa shape index (κ1) is 21.8. The lowest BCUT2D eigenvalue weighted by Gasteiger charge is -2.11. The van der Waals surface area contributed by atoms with Crippen molar-refractivity contribution in [1.82, 2.24) is 4.98 Å². The summed E-state index contributed by atoms with van der Waals surface area (Å²) in [6.07, 6.45) is -2.15. The zero-order valence-corrected chi connectivity index (χ0v) is 15.7. The fourth-order valence-corrected chi connectivity index (χ4v) is 2.63. The van der Waals surface area contributed by atoms with E-state index in [9.17, 15) is 27.2 Å². The van der Waals surface area contributed by atoms with Gasteiger partial charge in [0.15, 0.2) is 0 Å². The molecule has 3 N–H and O–H groups in total. The number of hydrogen-bond acceptors (Lipinski definition) is 4. The Morgan fingerprint density at radius 3 is 2.48 bits per heavy atom. The Morgan fingerprint density at radius 2 is 1.81 bits per heavy atom. The summed E-state index contributed by atoms with van der Waals surface area (Å²) in [4.78, 5) is 27.3. The summed E-state index contributed by atoms with van der Waals surface area (Å²) in [6, 6.07) is 9.83. The SMILES string of the molecule is NC(=O)c1cncc(OCc2cccc(NC(=O)c3ccc(C(F)(F)F)c(F)c3)c2)c1. The Morgan fingerprint density at radius 1 is 1.03 bits per heavy atom. The molecule has 0 spiro atoms. The van der Waals surface area contributed by atoms with Crippen molar-refractivity contribution in [3.05, 3.63) is 89.0 Å². The Balaban J connectivity index is 1.68. The molecule has 0 atom stereocenters. The number of benzene rings is 2. The van der Waals surface area contributed by atoms with Crippen molar-refractivity contribution in [2.75, 3.05) is 5.32 Å². The van der Waals surface area contributed by atoms with Gasteiger partial charge in [0.1, 0.15) is 18.2 Å². The van der Waals surface area contributed by atoms with Crippen molar-refractivity contribution in [3.63, 3.8) is 0 Å². The van der Waals surface area contributed by atoms with Crippen molar-refractivity contribution in [2.24, 2.45) is 5.73 Å². The van der Waals surface area contributed by atoms with E-state index < -0.39 is 29.4 Å². The number of primary amides is 1. The Labute approximate surface area is 173 Å². The van der Waals surface area contributed by atoms with Crippen LogP contribution in [-0.4, -0.2) is 16.8 Å². The van der Waals surface area contributed by atoms with E-state index >= 15 is 0 Å². The zero-order valence-electron chi connectivity index (χ0n) is 15.7. The molecule has 0 bridgehead atoms. The predicted octanol–water partition coefficient (Wildman–Crippen LogP) is 4.17. The second-order valence-corrected chi connectivity index (χ2v) is 6.41. The van der Waals surface area contributed by atoms with Crippen LogP contribution in [0, 0.1) is 5.82 Å². The fraction of sp³-hybridized carbons (Fsp3) is 0.0952. The number of aromatic nitrogens is 1. The van der Waals surface area contributed by atoms with E-state index in [2.05, 4.69) is 10.3 Å². The van der Waals surface area contributed by atoms with Crippen molar-refractivity contribution in [3.8, 4) is 5.75 Å². The van der Waals surface area contributed by atoms with E-state index in [4.69, 9.17) is 10.5 Å². The van der Waals surface area contributed by atoms with Crippen LogP contribution in [0.4, 0.5) is 23.2 Å². The van der Waals surface area contributed by atoms with Crippen LogP contribution >= 0.6 is 0 Å². The van der Waals surface area contributed by atoms with Gasteiger partial charge in [0, 0.05) is 17.4 Å². The number of nitrogens with zero attached hydrogens (tertiary/aromatic N) is 1. The first-order valence-electron chi connectivity index (χ1n) is 8.78. The van der Waals surface area contributed by atoms with Crippen molar-refractivity contribution in [2.45, 2.75) is 12.8 Å². The van der Waals surface area contributed by atoms with Crippen LogP contribution in [0.3, 0.4) is 0 Å². The van der Waals surface area contributed by atoms with Gasteiger partial charge >= 0.3 is 6.18 Å². The van der Waals surface area contributed by atoms with E-state index in [1.807, 2.05) is 0 Å². The quantitative estimate of drug-likeness (QED) is 0.571. The normalized spacial score (nSPS) is 11.1. The smallest absolute Gasteiger partial charge is 0.419 e. The molecule has 2 amide bonds. The van der Waals surface area contributed by atoms with E-state index in [0.29, 0.717) is 29.1 Å². The molecule has 31 heavy (non-hydrogen) atoms. The number of carbonyl (C=O) groups excluding carboxylic acids is 2. The number of pyridine rings is 1. The molecule has 0 aliphatic carbocycles. The van der Waals surface area contributed by atoms with Crippen LogP contribution in [0.5, 0.6) is 5.75 Å². The second-order valence-electron chi connectivity index (χ2n) is 6.41. The maximum atomic E-state index is 13.7. The van der Waals surface area contributed by atoms with Gasteiger partial charge in [-0.25, -0.2) is 4.39 Å². The van der Waals surface area contributed by atoms with E-state index in [1.165, 1.54) is 18.5 Å². The minimum Gasteiger partial charge on any atom is -0.487 e. The molecule has 0 aliphatic heterocycles. The average Bonchev–Trinajstić information content (AvgIpc) is 2.71. The number of nitrogens with two attached hydrogens (primary N) is 1. The molecule has 0 radical (unpaired) electrons. The minimum atomic E-state index is -4.85. The fourth-order valence-electron chi connectivity index (χ4n) is 2.63. The van der Waals surface area contributed by atoms with E-state index in [0.717, 1.165) is 6.07 Å². The lowest BCUT2D eigenvalue weighted by Crippen LogP contribution is -2.14. The van der Waals surface area contributed by atoms with Crippen molar-refractivity contribution in [1.29, 1.82) is 0 Å². The number of anilines is 1. The Hall–Kier alpha value is -3.95. The molecule has 0 unspecified atom stereocenters. The van der Waals surface area contributed by atoms with E-state index in [1.54, 1.807) is 24.3 Å². The second kappa shape index (κ2) is 8.82. The molecule has 6 nitrogen and oxygen atoms in total. The molecule has 160 valence electrons. The number of hydrogen-bond donors (Lipinski definition) is 2. The van der Waals surface area contributed by atoms with Crippen LogP contribution in [0.15, 0.2) is 60.9 Å². The third-order valence-corrected chi connectivity index (χ3v) is 4.12. The van der Waals surface area contributed by atoms with E-state index in [-0.39, 0.29) is 17.7 Å². The first-order chi connectivity index (χ1) is 14.6. The molecule has 0 saturated carbocycles. The monoisotopic (exact) mass is 433 g/mol. The van der Waals surface area contributed by atoms with Gasteiger partial charge in [-0.1, -0.05) is 12.1 Å². The van der Waals surface area contributed by atoms with Gasteiger partial charge in [-0.2, -0.15) is 13.2 Å². The number of halogens is 4. The maximum Gasteiger partial charge on any atom is 0.419 e. The maximum absolute atomic E-state index is 13.7. The number of nitrogens with one attached hydrogen (secondary N) is 1. The summed E-state index contributed by atoms with van der Waals surface area (Å²) in [5.74, 6) is -2.65. The zero-order chi connectivity index (χ0) is 22.6. The summed E-state index contributed by atoms with van der Waals surface area (Å²) >= 11 is 0. The highest BCUT2D eigenvalue weighted by molar-refractivity contribution is 6.04. The molecular formula is C21H15F4N3O3. The minimum absolute atomic E-state index is 0.0719. The van der Waals surface area contributed by atoms with Gasteiger partial charge in [0.2, 0.25) is 5.91 Å². The third kappa shape index (κ3) is 5.56. The topological polar surface area (TPSA) is 94.3 Å². The Bertz CT molecular complexity index is 1130. The van der Waals surface area contributed by atoms with Gasteiger partial charge in [-0.05, 0) is 42.0 Å². The van der Waals surface area contributed by atoms with Gasteiger partial charge in [0.05, 0.1) is 17.3 Å². The number of amides is 2. The van der Waals surface area contributed by atoms with Gasteiger partial charge in [-0.3, -0.25) is 14.6 Å². The number of rotatable bonds is 6. The molecule has 1 heterocycles. The highest BCUT2D eigenvalue weighted by Gasteiger charge is 2.34. The van der Waals surface area contributed by atoms with Crippen molar-refractivity contribution >= 4 is 17.5 Å².